The molecule has 0 bridgehead atoms. The molecule has 1 amide bonds. The van der Waals surface area contributed by atoms with E-state index in [9.17, 15) is 4.79 Å². The van der Waals surface area contributed by atoms with Gasteiger partial charge in [0.1, 0.15) is 5.82 Å². The van der Waals surface area contributed by atoms with Gasteiger partial charge < -0.3 is 10.3 Å². The summed E-state index contributed by atoms with van der Waals surface area (Å²) in [6.07, 6.45) is 4.21. The summed E-state index contributed by atoms with van der Waals surface area (Å²) < 4.78 is 0. The highest BCUT2D eigenvalue weighted by molar-refractivity contribution is 5.91. The van der Waals surface area contributed by atoms with Crippen molar-refractivity contribution in [2.45, 2.75) is 44.4 Å². The van der Waals surface area contributed by atoms with E-state index in [1.807, 2.05) is 6.07 Å². The molecule has 0 saturated carbocycles. The van der Waals surface area contributed by atoms with E-state index in [1.54, 1.807) is 12.4 Å². The lowest BCUT2D eigenvalue weighted by Crippen LogP contribution is -2.28. The van der Waals surface area contributed by atoms with Crippen molar-refractivity contribution in [1.82, 2.24) is 15.0 Å². The van der Waals surface area contributed by atoms with Crippen LogP contribution in [0.1, 0.15) is 50.2 Å². The van der Waals surface area contributed by atoms with E-state index in [0.717, 1.165) is 18.4 Å². The van der Waals surface area contributed by atoms with E-state index in [1.165, 1.54) is 11.1 Å². The fourth-order valence-corrected chi connectivity index (χ4v) is 3.82. The van der Waals surface area contributed by atoms with Crippen LogP contribution in [0.2, 0.25) is 0 Å². The molecular formula is C20H22N4O. The SMILES string of the molecule is CC1(C)CCC(CC(=O)Nc2ccc3[nH]cnc3n2)c2ccccc21. The number of H-pyrrole nitrogens is 1. The van der Waals surface area contributed by atoms with Gasteiger partial charge in [-0.15, -0.1) is 0 Å². The van der Waals surface area contributed by atoms with Crippen molar-refractivity contribution < 1.29 is 4.79 Å². The molecule has 25 heavy (non-hydrogen) atoms. The van der Waals surface area contributed by atoms with Crippen LogP contribution in [0.3, 0.4) is 0 Å². The second-order valence-electron chi connectivity index (χ2n) is 7.43. The van der Waals surface area contributed by atoms with Gasteiger partial charge in [-0.1, -0.05) is 38.1 Å². The molecule has 1 aliphatic rings. The van der Waals surface area contributed by atoms with Gasteiger partial charge in [-0.25, -0.2) is 9.97 Å². The number of rotatable bonds is 3. The number of carbonyl (C=O) groups is 1. The highest BCUT2D eigenvalue weighted by Gasteiger charge is 2.33. The topological polar surface area (TPSA) is 70.7 Å². The summed E-state index contributed by atoms with van der Waals surface area (Å²) in [7, 11) is 0. The Labute approximate surface area is 146 Å². The minimum absolute atomic E-state index is 0.00175. The zero-order valence-electron chi connectivity index (χ0n) is 14.5. The van der Waals surface area contributed by atoms with Gasteiger partial charge in [0.2, 0.25) is 5.91 Å². The quantitative estimate of drug-likeness (QED) is 0.756. The number of aromatic nitrogens is 3. The van der Waals surface area contributed by atoms with Gasteiger partial charge in [0.25, 0.3) is 0 Å². The minimum Gasteiger partial charge on any atom is -0.343 e. The largest absolute Gasteiger partial charge is 0.343 e. The molecular weight excluding hydrogens is 312 g/mol. The molecule has 0 spiro atoms. The van der Waals surface area contributed by atoms with E-state index < -0.39 is 0 Å². The van der Waals surface area contributed by atoms with E-state index in [4.69, 9.17) is 0 Å². The average molecular weight is 334 g/mol. The Morgan fingerprint density at radius 1 is 1.28 bits per heavy atom. The Balaban J connectivity index is 1.51. The summed E-state index contributed by atoms with van der Waals surface area (Å²) in [6.45, 7) is 4.57. The molecule has 1 aliphatic carbocycles. The second-order valence-corrected chi connectivity index (χ2v) is 7.43. The Bertz CT molecular complexity index is 928. The minimum atomic E-state index is 0.00175. The van der Waals surface area contributed by atoms with Crippen LogP contribution in [-0.4, -0.2) is 20.9 Å². The summed E-state index contributed by atoms with van der Waals surface area (Å²) in [6, 6.07) is 12.2. The normalized spacial score (nSPS) is 18.7. The van der Waals surface area contributed by atoms with Crippen LogP contribution in [0.4, 0.5) is 5.82 Å². The fourth-order valence-electron chi connectivity index (χ4n) is 3.82. The monoisotopic (exact) mass is 334 g/mol. The molecule has 0 fully saturated rings. The highest BCUT2D eigenvalue weighted by Crippen LogP contribution is 2.43. The lowest BCUT2D eigenvalue weighted by molar-refractivity contribution is -0.116. The number of hydrogen-bond acceptors (Lipinski definition) is 3. The van der Waals surface area contributed by atoms with Crippen LogP contribution >= 0.6 is 0 Å². The zero-order valence-corrected chi connectivity index (χ0v) is 14.5. The van der Waals surface area contributed by atoms with E-state index in [-0.39, 0.29) is 17.2 Å². The molecule has 1 atom stereocenters. The van der Waals surface area contributed by atoms with E-state index >= 15 is 0 Å². The molecule has 0 radical (unpaired) electrons. The van der Waals surface area contributed by atoms with Gasteiger partial charge in [-0.2, -0.15) is 0 Å². The third-order valence-electron chi connectivity index (χ3n) is 5.23. The first kappa shape index (κ1) is 15.8. The number of fused-ring (bicyclic) bond motifs is 2. The molecule has 5 heteroatoms. The van der Waals surface area contributed by atoms with Crippen molar-refractivity contribution in [2.75, 3.05) is 5.32 Å². The third kappa shape index (κ3) is 3.02. The highest BCUT2D eigenvalue weighted by atomic mass is 16.1. The number of anilines is 1. The Morgan fingerprint density at radius 3 is 3.00 bits per heavy atom. The predicted octanol–water partition coefficient (Wildman–Crippen LogP) is 4.14. The van der Waals surface area contributed by atoms with Gasteiger partial charge in [0.15, 0.2) is 5.65 Å². The molecule has 0 saturated heterocycles. The molecule has 5 nitrogen and oxygen atoms in total. The summed E-state index contributed by atoms with van der Waals surface area (Å²) in [4.78, 5) is 24.0. The van der Waals surface area contributed by atoms with Gasteiger partial charge in [-0.3, -0.25) is 4.79 Å². The first-order valence-corrected chi connectivity index (χ1v) is 8.72. The number of aromatic amines is 1. The van der Waals surface area contributed by atoms with Crippen molar-refractivity contribution in [3.8, 4) is 0 Å². The maximum absolute atomic E-state index is 12.5. The Hall–Kier alpha value is -2.69. The smallest absolute Gasteiger partial charge is 0.226 e. The number of imidazole rings is 1. The van der Waals surface area contributed by atoms with E-state index in [2.05, 4.69) is 58.4 Å². The zero-order chi connectivity index (χ0) is 17.4. The standard InChI is InChI=1S/C20H22N4O/c1-20(2)10-9-13(14-5-3-4-6-15(14)20)11-18(25)23-17-8-7-16-19(24-17)22-12-21-16/h3-8,12-13H,9-11H2,1-2H3,(H2,21,22,23,24,25). The molecule has 1 unspecified atom stereocenters. The molecule has 2 N–H and O–H groups in total. The summed E-state index contributed by atoms with van der Waals surface area (Å²) in [5.74, 6) is 0.814. The van der Waals surface area contributed by atoms with Crippen LogP contribution in [0, 0.1) is 0 Å². The number of benzene rings is 1. The summed E-state index contributed by atoms with van der Waals surface area (Å²) in [5.41, 5.74) is 4.33. The first-order chi connectivity index (χ1) is 12.0. The molecule has 1 aromatic carbocycles. The molecule has 128 valence electrons. The number of pyridine rings is 1. The van der Waals surface area contributed by atoms with Crippen molar-refractivity contribution in [3.05, 3.63) is 53.9 Å². The predicted molar refractivity (Wildman–Crippen MR) is 98.6 cm³/mol. The van der Waals surface area contributed by atoms with Crippen LogP contribution in [0.5, 0.6) is 0 Å². The van der Waals surface area contributed by atoms with Crippen molar-refractivity contribution >= 4 is 22.9 Å². The Morgan fingerprint density at radius 2 is 2.12 bits per heavy atom. The van der Waals surface area contributed by atoms with Crippen molar-refractivity contribution in [3.63, 3.8) is 0 Å². The van der Waals surface area contributed by atoms with Gasteiger partial charge in [0.05, 0.1) is 11.8 Å². The second kappa shape index (κ2) is 5.99. The average Bonchev–Trinajstić information content (AvgIpc) is 3.05. The maximum Gasteiger partial charge on any atom is 0.226 e. The van der Waals surface area contributed by atoms with Crippen molar-refractivity contribution in [1.29, 1.82) is 0 Å². The molecule has 3 aromatic rings. The maximum atomic E-state index is 12.5. The first-order valence-electron chi connectivity index (χ1n) is 8.72. The molecule has 2 heterocycles. The van der Waals surface area contributed by atoms with E-state index in [0.29, 0.717) is 17.9 Å². The van der Waals surface area contributed by atoms with Gasteiger partial charge in [0, 0.05) is 6.42 Å². The van der Waals surface area contributed by atoms with Crippen LogP contribution in [-0.2, 0) is 10.2 Å². The van der Waals surface area contributed by atoms with Crippen LogP contribution in [0.15, 0.2) is 42.7 Å². The number of nitrogens with one attached hydrogen (secondary N) is 2. The van der Waals surface area contributed by atoms with Gasteiger partial charge in [-0.05, 0) is 47.4 Å². The van der Waals surface area contributed by atoms with Gasteiger partial charge >= 0.3 is 0 Å². The lowest BCUT2D eigenvalue weighted by Gasteiger charge is -2.37. The third-order valence-corrected chi connectivity index (χ3v) is 5.23. The number of hydrogen-bond donors (Lipinski definition) is 2. The lowest BCUT2D eigenvalue weighted by atomic mass is 9.68. The van der Waals surface area contributed by atoms with Crippen LogP contribution < -0.4 is 5.32 Å². The summed E-state index contributed by atoms with van der Waals surface area (Å²) in [5, 5.41) is 2.92. The molecule has 0 aliphatic heterocycles. The van der Waals surface area contributed by atoms with Crippen LogP contribution in [0.25, 0.3) is 11.2 Å². The van der Waals surface area contributed by atoms with Crippen molar-refractivity contribution in [2.24, 2.45) is 0 Å². The summed E-state index contributed by atoms with van der Waals surface area (Å²) >= 11 is 0. The molecule has 4 rings (SSSR count). The Kier molecular flexibility index (Phi) is 3.79. The fraction of sp³-hybridized carbons (Fsp3) is 0.350. The number of amides is 1. The molecule has 2 aromatic heterocycles. The number of nitrogens with zero attached hydrogens (tertiary/aromatic N) is 2. The number of carbonyl (C=O) groups excluding carboxylic acids is 1.